The van der Waals surface area contributed by atoms with Gasteiger partial charge in [0, 0.05) is 33.2 Å². The SMILES string of the molecule is COCCN1CC[C@H](CNC(=O)CCc2ccc3c(c2)OCO3)C1. The Bertz CT molecular complexity index is 564. The quantitative estimate of drug-likeness (QED) is 0.779. The zero-order valence-electron chi connectivity index (χ0n) is 14.3. The van der Waals surface area contributed by atoms with Crippen LogP contribution in [-0.2, 0) is 16.0 Å². The topological polar surface area (TPSA) is 60.0 Å². The lowest BCUT2D eigenvalue weighted by Gasteiger charge is -2.15. The number of carbonyl (C=O) groups is 1. The molecule has 1 aromatic rings. The van der Waals surface area contributed by atoms with Crippen LogP contribution in [0.1, 0.15) is 18.4 Å². The third-order valence-electron chi connectivity index (χ3n) is 4.65. The van der Waals surface area contributed by atoms with E-state index in [1.807, 2.05) is 18.2 Å². The molecule has 0 aromatic heterocycles. The first-order valence-electron chi connectivity index (χ1n) is 8.61. The maximum atomic E-state index is 12.1. The summed E-state index contributed by atoms with van der Waals surface area (Å²) in [6.07, 6.45) is 2.36. The molecule has 6 nitrogen and oxygen atoms in total. The zero-order valence-corrected chi connectivity index (χ0v) is 14.3. The molecule has 0 unspecified atom stereocenters. The van der Waals surface area contributed by atoms with Crippen LogP contribution in [0.3, 0.4) is 0 Å². The molecule has 0 saturated carbocycles. The summed E-state index contributed by atoms with van der Waals surface area (Å²) in [4.78, 5) is 14.5. The highest BCUT2D eigenvalue weighted by molar-refractivity contribution is 5.76. The van der Waals surface area contributed by atoms with E-state index >= 15 is 0 Å². The van der Waals surface area contributed by atoms with Crippen LogP contribution in [0.4, 0.5) is 0 Å². The summed E-state index contributed by atoms with van der Waals surface area (Å²) in [5.74, 6) is 2.22. The summed E-state index contributed by atoms with van der Waals surface area (Å²) in [5.41, 5.74) is 1.10. The summed E-state index contributed by atoms with van der Waals surface area (Å²) >= 11 is 0. The highest BCUT2D eigenvalue weighted by Gasteiger charge is 2.22. The first kappa shape index (κ1) is 17.0. The Kier molecular flexibility index (Phi) is 5.93. The molecule has 0 aliphatic carbocycles. The maximum Gasteiger partial charge on any atom is 0.231 e. The Morgan fingerprint density at radius 2 is 2.25 bits per heavy atom. The lowest BCUT2D eigenvalue weighted by Crippen LogP contribution is -2.31. The molecule has 0 radical (unpaired) electrons. The average Bonchev–Trinajstić information content (AvgIpc) is 3.24. The number of hydrogen-bond acceptors (Lipinski definition) is 5. The fourth-order valence-electron chi connectivity index (χ4n) is 3.20. The largest absolute Gasteiger partial charge is 0.454 e. The van der Waals surface area contributed by atoms with E-state index in [0.717, 1.165) is 56.3 Å². The van der Waals surface area contributed by atoms with Gasteiger partial charge in [0.25, 0.3) is 0 Å². The molecule has 3 rings (SSSR count). The van der Waals surface area contributed by atoms with E-state index in [1.165, 1.54) is 0 Å². The second-order valence-electron chi connectivity index (χ2n) is 6.44. The van der Waals surface area contributed by atoms with Gasteiger partial charge in [-0.25, -0.2) is 0 Å². The molecule has 1 N–H and O–H groups in total. The molecular formula is C18H26N2O4. The number of nitrogens with one attached hydrogen (secondary N) is 1. The van der Waals surface area contributed by atoms with E-state index in [2.05, 4.69) is 10.2 Å². The van der Waals surface area contributed by atoms with Gasteiger partial charge in [0.1, 0.15) is 0 Å². The molecule has 2 aliphatic rings. The van der Waals surface area contributed by atoms with Crippen LogP contribution in [0.5, 0.6) is 11.5 Å². The molecule has 6 heteroatoms. The van der Waals surface area contributed by atoms with E-state index in [-0.39, 0.29) is 12.7 Å². The van der Waals surface area contributed by atoms with Crippen LogP contribution in [0.15, 0.2) is 18.2 Å². The van der Waals surface area contributed by atoms with E-state index < -0.39 is 0 Å². The van der Waals surface area contributed by atoms with E-state index in [9.17, 15) is 4.79 Å². The molecule has 2 heterocycles. The van der Waals surface area contributed by atoms with Crippen LogP contribution in [0, 0.1) is 5.92 Å². The first-order chi connectivity index (χ1) is 11.7. The smallest absolute Gasteiger partial charge is 0.231 e. The Morgan fingerprint density at radius 3 is 3.12 bits per heavy atom. The summed E-state index contributed by atoms with van der Waals surface area (Å²) in [6, 6.07) is 5.86. The predicted octanol–water partition coefficient (Wildman–Crippen LogP) is 1.43. The molecule has 1 aromatic carbocycles. The van der Waals surface area contributed by atoms with Gasteiger partial charge in [0.05, 0.1) is 6.61 Å². The van der Waals surface area contributed by atoms with Crippen molar-refractivity contribution in [3.05, 3.63) is 23.8 Å². The van der Waals surface area contributed by atoms with Gasteiger partial charge in [-0.2, -0.15) is 0 Å². The number of likely N-dealkylation sites (tertiary alicyclic amines) is 1. The van der Waals surface area contributed by atoms with Crippen molar-refractivity contribution in [3.63, 3.8) is 0 Å². The van der Waals surface area contributed by atoms with Crippen molar-refractivity contribution in [2.75, 3.05) is 46.7 Å². The summed E-state index contributed by atoms with van der Waals surface area (Å²) < 4.78 is 15.8. The van der Waals surface area contributed by atoms with Crippen LogP contribution >= 0.6 is 0 Å². The Labute approximate surface area is 143 Å². The fraction of sp³-hybridized carbons (Fsp3) is 0.611. The van der Waals surface area contributed by atoms with Crippen LogP contribution in [0.2, 0.25) is 0 Å². The van der Waals surface area contributed by atoms with E-state index in [1.54, 1.807) is 7.11 Å². The predicted molar refractivity (Wildman–Crippen MR) is 90.3 cm³/mol. The number of carbonyl (C=O) groups excluding carboxylic acids is 1. The molecule has 2 aliphatic heterocycles. The number of rotatable bonds is 8. The highest BCUT2D eigenvalue weighted by Crippen LogP contribution is 2.32. The third-order valence-corrected chi connectivity index (χ3v) is 4.65. The van der Waals surface area contributed by atoms with Gasteiger partial charge in [0.15, 0.2) is 11.5 Å². The van der Waals surface area contributed by atoms with Gasteiger partial charge in [-0.15, -0.1) is 0 Å². The average molecular weight is 334 g/mol. The molecule has 0 bridgehead atoms. The molecular weight excluding hydrogens is 308 g/mol. The number of aryl methyl sites for hydroxylation is 1. The Morgan fingerprint density at radius 1 is 1.38 bits per heavy atom. The molecule has 1 amide bonds. The minimum atomic E-state index is 0.114. The highest BCUT2D eigenvalue weighted by atomic mass is 16.7. The number of hydrogen-bond donors (Lipinski definition) is 1. The van der Waals surface area contributed by atoms with E-state index in [4.69, 9.17) is 14.2 Å². The first-order valence-corrected chi connectivity index (χ1v) is 8.61. The lowest BCUT2D eigenvalue weighted by atomic mass is 10.1. The number of methoxy groups -OCH3 is 1. The van der Waals surface area contributed by atoms with Crippen molar-refractivity contribution in [2.24, 2.45) is 5.92 Å². The van der Waals surface area contributed by atoms with Crippen molar-refractivity contribution >= 4 is 5.91 Å². The lowest BCUT2D eigenvalue weighted by molar-refractivity contribution is -0.121. The Balaban J connectivity index is 1.34. The van der Waals surface area contributed by atoms with Crippen molar-refractivity contribution in [1.29, 1.82) is 0 Å². The van der Waals surface area contributed by atoms with Gasteiger partial charge in [0.2, 0.25) is 12.7 Å². The normalized spacial score (nSPS) is 19.6. The standard InChI is InChI=1S/C18H26N2O4/c1-22-9-8-20-7-6-15(12-20)11-19-18(21)5-3-14-2-4-16-17(10-14)24-13-23-16/h2,4,10,15H,3,5-9,11-13H2,1H3,(H,19,21)/t15-/m1/s1. The molecule has 132 valence electrons. The minimum absolute atomic E-state index is 0.114. The number of amides is 1. The van der Waals surface area contributed by atoms with Crippen LogP contribution < -0.4 is 14.8 Å². The van der Waals surface area contributed by atoms with Crippen molar-refractivity contribution in [1.82, 2.24) is 10.2 Å². The second-order valence-corrected chi connectivity index (χ2v) is 6.44. The van der Waals surface area contributed by atoms with Gasteiger partial charge in [-0.1, -0.05) is 6.07 Å². The number of benzene rings is 1. The minimum Gasteiger partial charge on any atom is -0.454 e. The molecule has 1 fully saturated rings. The molecule has 1 atom stereocenters. The van der Waals surface area contributed by atoms with Gasteiger partial charge in [-0.3, -0.25) is 4.79 Å². The molecule has 24 heavy (non-hydrogen) atoms. The van der Waals surface area contributed by atoms with Crippen molar-refractivity contribution in [3.8, 4) is 11.5 Å². The summed E-state index contributed by atoms with van der Waals surface area (Å²) in [7, 11) is 1.73. The van der Waals surface area contributed by atoms with Gasteiger partial charge in [-0.05, 0) is 43.0 Å². The van der Waals surface area contributed by atoms with E-state index in [0.29, 0.717) is 18.8 Å². The molecule has 0 spiro atoms. The zero-order chi connectivity index (χ0) is 16.8. The Hall–Kier alpha value is -1.79. The summed E-state index contributed by atoms with van der Waals surface area (Å²) in [5, 5.41) is 3.07. The van der Waals surface area contributed by atoms with Crippen molar-refractivity contribution < 1.29 is 19.0 Å². The monoisotopic (exact) mass is 334 g/mol. The maximum absolute atomic E-state index is 12.1. The fourth-order valence-corrected chi connectivity index (χ4v) is 3.20. The van der Waals surface area contributed by atoms with Crippen molar-refractivity contribution in [2.45, 2.75) is 19.3 Å². The number of nitrogens with zero attached hydrogens (tertiary/aromatic N) is 1. The second kappa shape index (κ2) is 8.35. The number of ether oxygens (including phenoxy) is 3. The van der Waals surface area contributed by atoms with Gasteiger partial charge >= 0.3 is 0 Å². The van der Waals surface area contributed by atoms with Gasteiger partial charge < -0.3 is 24.4 Å². The summed E-state index contributed by atoms with van der Waals surface area (Å²) in [6.45, 7) is 4.94. The molecule has 1 saturated heterocycles. The number of fused-ring (bicyclic) bond motifs is 1. The third kappa shape index (κ3) is 4.61. The van der Waals surface area contributed by atoms with Crippen LogP contribution in [-0.4, -0.2) is 57.5 Å². The van der Waals surface area contributed by atoms with Crippen LogP contribution in [0.25, 0.3) is 0 Å².